The molecule has 0 bridgehead atoms. The molecule has 1 aromatic carbocycles. The highest BCUT2D eigenvalue weighted by Crippen LogP contribution is 2.31. The number of benzene rings is 1. The summed E-state index contributed by atoms with van der Waals surface area (Å²) < 4.78 is 11.2. The number of fused-ring (bicyclic) bond motifs is 1. The Bertz CT molecular complexity index is 659. The zero-order chi connectivity index (χ0) is 15.4. The molecule has 0 unspecified atom stereocenters. The molecule has 0 radical (unpaired) electrons. The Morgan fingerprint density at radius 1 is 1.36 bits per heavy atom. The summed E-state index contributed by atoms with van der Waals surface area (Å²) in [6.07, 6.45) is 2.38. The van der Waals surface area contributed by atoms with Crippen LogP contribution in [0.5, 0.6) is 11.5 Å². The average molecular weight is 319 g/mol. The molecule has 1 amide bonds. The highest BCUT2D eigenvalue weighted by molar-refractivity contribution is 7.15. The van der Waals surface area contributed by atoms with E-state index < -0.39 is 6.10 Å². The Morgan fingerprint density at radius 2 is 2.18 bits per heavy atom. The lowest BCUT2D eigenvalue weighted by Gasteiger charge is -2.25. The molecule has 0 spiro atoms. The third-order valence-electron chi connectivity index (χ3n) is 3.24. The molecule has 116 valence electrons. The lowest BCUT2D eigenvalue weighted by molar-refractivity contribution is -0.125. The number of anilines is 1. The number of unbranched alkanes of at least 4 members (excludes halogenated alkanes) is 1. The predicted molar refractivity (Wildman–Crippen MR) is 83.5 cm³/mol. The van der Waals surface area contributed by atoms with Crippen LogP contribution in [0.15, 0.2) is 24.3 Å². The number of hydrogen-bond acceptors (Lipinski definition) is 6. The van der Waals surface area contributed by atoms with E-state index in [1.165, 1.54) is 11.3 Å². The van der Waals surface area contributed by atoms with Gasteiger partial charge in [-0.3, -0.25) is 10.1 Å². The first-order chi connectivity index (χ1) is 10.8. The van der Waals surface area contributed by atoms with Gasteiger partial charge in [0.25, 0.3) is 5.91 Å². The van der Waals surface area contributed by atoms with Crippen LogP contribution in [0.2, 0.25) is 0 Å². The number of rotatable bonds is 5. The van der Waals surface area contributed by atoms with Gasteiger partial charge in [0.2, 0.25) is 11.2 Å². The number of ether oxygens (including phenoxy) is 2. The van der Waals surface area contributed by atoms with Gasteiger partial charge in [-0.25, -0.2) is 0 Å². The Kier molecular flexibility index (Phi) is 4.53. The molecular formula is C15H17N3O3S. The maximum Gasteiger partial charge on any atom is 0.270 e. The van der Waals surface area contributed by atoms with Crippen LogP contribution < -0.4 is 14.8 Å². The molecule has 3 rings (SSSR count). The summed E-state index contributed by atoms with van der Waals surface area (Å²) >= 11 is 1.40. The maximum atomic E-state index is 12.2. The van der Waals surface area contributed by atoms with Crippen molar-refractivity contribution < 1.29 is 14.3 Å². The van der Waals surface area contributed by atoms with E-state index in [1.54, 1.807) is 6.07 Å². The summed E-state index contributed by atoms with van der Waals surface area (Å²) in [6, 6.07) is 7.30. The number of para-hydroxylation sites is 2. The SMILES string of the molecule is CCCCc1nnc(NC(=O)[C@H]2COc3ccccc3O2)s1. The zero-order valence-corrected chi connectivity index (χ0v) is 13.1. The normalized spacial score (nSPS) is 16.3. The predicted octanol–water partition coefficient (Wildman–Crippen LogP) is 2.66. The zero-order valence-electron chi connectivity index (χ0n) is 12.2. The molecule has 7 heteroatoms. The van der Waals surface area contributed by atoms with Crippen molar-refractivity contribution >= 4 is 22.4 Å². The fourth-order valence-corrected chi connectivity index (χ4v) is 2.85. The van der Waals surface area contributed by atoms with Crippen molar-refractivity contribution in [3.8, 4) is 11.5 Å². The van der Waals surface area contributed by atoms with Crippen LogP contribution in [0.4, 0.5) is 5.13 Å². The topological polar surface area (TPSA) is 73.3 Å². The minimum atomic E-state index is -0.683. The third kappa shape index (κ3) is 3.36. The van der Waals surface area contributed by atoms with Crippen molar-refractivity contribution in [3.63, 3.8) is 0 Å². The van der Waals surface area contributed by atoms with Crippen LogP contribution in [0.1, 0.15) is 24.8 Å². The van der Waals surface area contributed by atoms with Crippen LogP contribution in [-0.2, 0) is 11.2 Å². The molecule has 1 aliphatic heterocycles. The van der Waals surface area contributed by atoms with Gasteiger partial charge in [0.05, 0.1) is 0 Å². The number of carbonyl (C=O) groups excluding carboxylic acids is 1. The molecule has 2 heterocycles. The van der Waals surface area contributed by atoms with Crippen molar-refractivity contribution in [1.82, 2.24) is 10.2 Å². The van der Waals surface area contributed by atoms with Crippen LogP contribution in [0.3, 0.4) is 0 Å². The first-order valence-corrected chi connectivity index (χ1v) is 8.09. The number of nitrogens with one attached hydrogen (secondary N) is 1. The van der Waals surface area contributed by atoms with Crippen molar-refractivity contribution in [2.75, 3.05) is 11.9 Å². The quantitative estimate of drug-likeness (QED) is 0.917. The molecule has 1 N–H and O–H groups in total. The first kappa shape index (κ1) is 14.8. The van der Waals surface area contributed by atoms with Gasteiger partial charge in [0.15, 0.2) is 11.5 Å². The van der Waals surface area contributed by atoms with Crippen LogP contribution in [0.25, 0.3) is 0 Å². The van der Waals surface area contributed by atoms with E-state index in [4.69, 9.17) is 9.47 Å². The molecule has 0 saturated heterocycles. The number of nitrogens with zero attached hydrogens (tertiary/aromatic N) is 2. The minimum Gasteiger partial charge on any atom is -0.485 e. The van der Waals surface area contributed by atoms with Crippen LogP contribution in [-0.4, -0.2) is 28.8 Å². The Balaban J connectivity index is 1.60. The molecular weight excluding hydrogens is 302 g/mol. The van der Waals surface area contributed by atoms with E-state index in [2.05, 4.69) is 22.4 Å². The molecule has 0 aliphatic carbocycles. The summed E-state index contributed by atoms with van der Waals surface area (Å²) in [5.41, 5.74) is 0. The van der Waals surface area contributed by atoms with E-state index in [0.717, 1.165) is 24.3 Å². The monoisotopic (exact) mass is 319 g/mol. The van der Waals surface area contributed by atoms with Gasteiger partial charge in [-0.2, -0.15) is 0 Å². The fourth-order valence-electron chi connectivity index (χ4n) is 2.07. The highest BCUT2D eigenvalue weighted by atomic mass is 32.1. The van der Waals surface area contributed by atoms with Gasteiger partial charge in [-0.15, -0.1) is 10.2 Å². The van der Waals surface area contributed by atoms with E-state index in [0.29, 0.717) is 16.6 Å². The molecule has 0 fully saturated rings. The summed E-state index contributed by atoms with van der Waals surface area (Å²) in [5.74, 6) is 0.965. The van der Waals surface area contributed by atoms with Gasteiger partial charge < -0.3 is 9.47 Å². The lowest BCUT2D eigenvalue weighted by atomic mass is 10.2. The summed E-state index contributed by atoms with van der Waals surface area (Å²) in [5, 5.41) is 12.2. The van der Waals surface area contributed by atoms with E-state index in [9.17, 15) is 4.79 Å². The number of amides is 1. The van der Waals surface area contributed by atoms with E-state index in [1.807, 2.05) is 18.2 Å². The van der Waals surface area contributed by atoms with Gasteiger partial charge in [-0.1, -0.05) is 36.8 Å². The number of carbonyl (C=O) groups is 1. The molecule has 1 aliphatic rings. The number of aryl methyl sites for hydroxylation is 1. The van der Waals surface area contributed by atoms with Crippen molar-refractivity contribution in [2.24, 2.45) is 0 Å². The van der Waals surface area contributed by atoms with Crippen molar-refractivity contribution in [1.29, 1.82) is 0 Å². The molecule has 22 heavy (non-hydrogen) atoms. The largest absolute Gasteiger partial charge is 0.485 e. The second-order valence-electron chi connectivity index (χ2n) is 4.96. The second-order valence-corrected chi connectivity index (χ2v) is 6.02. The summed E-state index contributed by atoms with van der Waals surface area (Å²) in [6.45, 7) is 2.31. The maximum absolute atomic E-state index is 12.2. The van der Waals surface area contributed by atoms with Crippen LogP contribution >= 0.6 is 11.3 Å². The summed E-state index contributed by atoms with van der Waals surface area (Å²) in [7, 11) is 0. The van der Waals surface area contributed by atoms with Crippen LogP contribution in [0, 0.1) is 0 Å². The number of aromatic nitrogens is 2. The fraction of sp³-hybridized carbons (Fsp3) is 0.400. The third-order valence-corrected chi connectivity index (χ3v) is 4.14. The molecule has 1 aromatic heterocycles. The molecule has 2 aromatic rings. The van der Waals surface area contributed by atoms with E-state index in [-0.39, 0.29) is 12.5 Å². The van der Waals surface area contributed by atoms with E-state index >= 15 is 0 Å². The minimum absolute atomic E-state index is 0.185. The van der Waals surface area contributed by atoms with Gasteiger partial charge in [-0.05, 0) is 18.6 Å². The standard InChI is InChI=1S/C15H17N3O3S/c1-2-3-8-13-17-18-15(22-13)16-14(19)12-9-20-10-6-4-5-7-11(10)21-12/h4-7,12H,2-3,8-9H2,1H3,(H,16,18,19)/t12-/m1/s1. The van der Waals surface area contributed by atoms with Crippen molar-refractivity contribution in [3.05, 3.63) is 29.3 Å². The molecule has 1 atom stereocenters. The lowest BCUT2D eigenvalue weighted by Crippen LogP contribution is -2.40. The smallest absolute Gasteiger partial charge is 0.270 e. The first-order valence-electron chi connectivity index (χ1n) is 7.28. The molecule has 0 saturated carbocycles. The number of hydrogen-bond donors (Lipinski definition) is 1. The highest BCUT2D eigenvalue weighted by Gasteiger charge is 2.27. The second kappa shape index (κ2) is 6.74. The van der Waals surface area contributed by atoms with Gasteiger partial charge >= 0.3 is 0 Å². The van der Waals surface area contributed by atoms with Crippen molar-refractivity contribution in [2.45, 2.75) is 32.3 Å². The average Bonchev–Trinajstić information content (AvgIpc) is 2.99. The Morgan fingerprint density at radius 3 is 3.00 bits per heavy atom. The van der Waals surface area contributed by atoms with Gasteiger partial charge in [0, 0.05) is 6.42 Å². The van der Waals surface area contributed by atoms with Gasteiger partial charge in [0.1, 0.15) is 11.6 Å². The Hall–Kier alpha value is -2.15. The molecule has 6 nitrogen and oxygen atoms in total. The Labute approximate surface area is 132 Å². The summed E-state index contributed by atoms with van der Waals surface area (Å²) in [4.78, 5) is 12.2.